The Bertz CT molecular complexity index is 336. The molecule has 0 atom stereocenters. The van der Waals surface area contributed by atoms with Gasteiger partial charge in [-0.15, -0.1) is 0 Å². The van der Waals surface area contributed by atoms with E-state index < -0.39 is 11.7 Å². The topological polar surface area (TPSA) is 35.2 Å². The Hall–Kier alpha value is -1.23. The molecular formula is C10H12F3NO. The average Bonchev–Trinajstić information content (AvgIpc) is 2.17. The van der Waals surface area contributed by atoms with Crippen molar-refractivity contribution in [1.82, 2.24) is 0 Å². The number of rotatable bonds is 3. The van der Waals surface area contributed by atoms with Gasteiger partial charge < -0.3 is 10.5 Å². The molecule has 5 heteroatoms. The number of benzene rings is 1. The second kappa shape index (κ2) is 4.53. The maximum absolute atomic E-state index is 12.6. The molecule has 0 aromatic heterocycles. The van der Waals surface area contributed by atoms with Crippen molar-refractivity contribution in [2.24, 2.45) is 5.73 Å². The van der Waals surface area contributed by atoms with E-state index in [2.05, 4.69) is 0 Å². The van der Waals surface area contributed by atoms with E-state index in [0.29, 0.717) is 5.56 Å². The Balaban J connectivity index is 3.16. The molecule has 0 aliphatic carbocycles. The fourth-order valence-electron chi connectivity index (χ4n) is 1.21. The van der Waals surface area contributed by atoms with Crippen LogP contribution in [0.1, 0.15) is 18.1 Å². The zero-order chi connectivity index (χ0) is 11.5. The third-order valence-electron chi connectivity index (χ3n) is 1.88. The largest absolute Gasteiger partial charge is 0.493 e. The molecule has 0 aliphatic rings. The predicted molar refractivity (Wildman–Crippen MR) is 50.5 cm³/mol. The van der Waals surface area contributed by atoms with E-state index in [0.717, 1.165) is 6.07 Å². The second-order valence-electron chi connectivity index (χ2n) is 2.97. The first-order chi connectivity index (χ1) is 6.99. The average molecular weight is 219 g/mol. The first-order valence-electron chi connectivity index (χ1n) is 4.52. The summed E-state index contributed by atoms with van der Waals surface area (Å²) in [6, 6.07) is 3.85. The van der Waals surface area contributed by atoms with Gasteiger partial charge >= 0.3 is 6.18 Å². The van der Waals surface area contributed by atoms with Gasteiger partial charge in [0.25, 0.3) is 0 Å². The third-order valence-corrected chi connectivity index (χ3v) is 1.88. The van der Waals surface area contributed by atoms with Crippen LogP contribution in [0.4, 0.5) is 13.2 Å². The number of hydrogen-bond donors (Lipinski definition) is 1. The van der Waals surface area contributed by atoms with Gasteiger partial charge in [-0.25, -0.2) is 0 Å². The number of alkyl halides is 3. The van der Waals surface area contributed by atoms with E-state index in [9.17, 15) is 13.2 Å². The summed E-state index contributed by atoms with van der Waals surface area (Å²) in [5.74, 6) is -0.151. The molecule has 0 spiro atoms. The van der Waals surface area contributed by atoms with Gasteiger partial charge in [0.2, 0.25) is 0 Å². The molecule has 1 aromatic rings. The van der Waals surface area contributed by atoms with Gasteiger partial charge in [-0.2, -0.15) is 13.2 Å². The zero-order valence-electron chi connectivity index (χ0n) is 8.27. The van der Waals surface area contributed by atoms with Gasteiger partial charge in [0.1, 0.15) is 5.75 Å². The van der Waals surface area contributed by atoms with Crippen LogP contribution in [0.25, 0.3) is 0 Å². The molecule has 0 saturated carbocycles. The minimum atomic E-state index is -4.41. The first-order valence-corrected chi connectivity index (χ1v) is 4.52. The molecule has 1 rings (SSSR count). The maximum Gasteiger partial charge on any atom is 0.419 e. The highest BCUT2D eigenvalue weighted by atomic mass is 19.4. The van der Waals surface area contributed by atoms with E-state index in [1.807, 2.05) is 0 Å². The summed E-state index contributed by atoms with van der Waals surface area (Å²) >= 11 is 0. The smallest absolute Gasteiger partial charge is 0.419 e. The van der Waals surface area contributed by atoms with Crippen LogP contribution in [-0.2, 0) is 12.7 Å². The molecule has 1 aromatic carbocycles. The molecule has 0 aliphatic heterocycles. The van der Waals surface area contributed by atoms with E-state index in [-0.39, 0.29) is 18.9 Å². The summed E-state index contributed by atoms with van der Waals surface area (Å²) in [5.41, 5.74) is 4.94. The highest BCUT2D eigenvalue weighted by Gasteiger charge is 2.34. The number of halogens is 3. The van der Waals surface area contributed by atoms with Crippen LogP contribution >= 0.6 is 0 Å². The van der Waals surface area contributed by atoms with Crippen LogP contribution in [0.2, 0.25) is 0 Å². The van der Waals surface area contributed by atoms with Crippen molar-refractivity contribution in [1.29, 1.82) is 0 Å². The predicted octanol–water partition coefficient (Wildman–Crippen LogP) is 2.56. The normalized spacial score (nSPS) is 11.5. The van der Waals surface area contributed by atoms with Gasteiger partial charge in [-0.1, -0.05) is 6.07 Å². The minimum absolute atomic E-state index is 0.0789. The van der Waals surface area contributed by atoms with Crippen molar-refractivity contribution in [2.75, 3.05) is 6.61 Å². The van der Waals surface area contributed by atoms with Gasteiger partial charge in [-0.05, 0) is 24.6 Å². The summed E-state index contributed by atoms with van der Waals surface area (Å²) in [7, 11) is 0. The van der Waals surface area contributed by atoms with Gasteiger partial charge in [0.05, 0.1) is 12.2 Å². The molecule has 0 bridgehead atoms. The van der Waals surface area contributed by atoms with Crippen molar-refractivity contribution in [3.63, 3.8) is 0 Å². The van der Waals surface area contributed by atoms with Crippen LogP contribution in [0.5, 0.6) is 5.75 Å². The standard InChI is InChI=1S/C10H12F3NO/c1-2-15-9-4-3-7(6-14)5-8(9)10(11,12)13/h3-5H,2,6,14H2,1H3. The lowest BCUT2D eigenvalue weighted by Crippen LogP contribution is -2.10. The summed E-state index contributed by atoms with van der Waals surface area (Å²) < 4.78 is 42.6. The van der Waals surface area contributed by atoms with Crippen molar-refractivity contribution in [3.8, 4) is 5.75 Å². The summed E-state index contributed by atoms with van der Waals surface area (Å²) in [6.45, 7) is 1.91. The Morgan fingerprint density at radius 2 is 2.00 bits per heavy atom. The van der Waals surface area contributed by atoms with Crippen LogP contribution in [0, 0.1) is 0 Å². The lowest BCUT2D eigenvalue weighted by molar-refractivity contribution is -0.138. The molecule has 0 amide bonds. The van der Waals surface area contributed by atoms with Crippen molar-refractivity contribution in [2.45, 2.75) is 19.6 Å². The molecule has 0 radical (unpaired) electrons. The highest BCUT2D eigenvalue weighted by molar-refractivity contribution is 5.39. The monoisotopic (exact) mass is 219 g/mol. The molecule has 0 heterocycles. The van der Waals surface area contributed by atoms with Gasteiger partial charge in [0, 0.05) is 6.54 Å². The molecule has 15 heavy (non-hydrogen) atoms. The van der Waals surface area contributed by atoms with Crippen LogP contribution in [0.15, 0.2) is 18.2 Å². The number of hydrogen-bond acceptors (Lipinski definition) is 2. The quantitative estimate of drug-likeness (QED) is 0.847. The molecule has 84 valence electrons. The zero-order valence-corrected chi connectivity index (χ0v) is 8.27. The minimum Gasteiger partial charge on any atom is -0.493 e. The third kappa shape index (κ3) is 2.86. The van der Waals surface area contributed by atoms with E-state index >= 15 is 0 Å². The van der Waals surface area contributed by atoms with Gasteiger partial charge in [-0.3, -0.25) is 0 Å². The van der Waals surface area contributed by atoms with Crippen LogP contribution < -0.4 is 10.5 Å². The molecule has 2 N–H and O–H groups in total. The van der Waals surface area contributed by atoms with Crippen LogP contribution in [-0.4, -0.2) is 6.61 Å². The molecule has 0 fully saturated rings. The Kier molecular flexibility index (Phi) is 3.57. The van der Waals surface area contributed by atoms with E-state index in [1.54, 1.807) is 6.92 Å². The fourth-order valence-corrected chi connectivity index (χ4v) is 1.21. The Labute approximate surface area is 85.8 Å². The molecule has 0 saturated heterocycles. The van der Waals surface area contributed by atoms with E-state index in [1.165, 1.54) is 12.1 Å². The lowest BCUT2D eigenvalue weighted by atomic mass is 10.1. The number of nitrogens with two attached hydrogens (primary N) is 1. The molecule has 2 nitrogen and oxygen atoms in total. The van der Waals surface area contributed by atoms with E-state index in [4.69, 9.17) is 10.5 Å². The highest BCUT2D eigenvalue weighted by Crippen LogP contribution is 2.36. The summed E-state index contributed by atoms with van der Waals surface area (Å²) in [6.07, 6.45) is -4.41. The van der Waals surface area contributed by atoms with Crippen LogP contribution in [0.3, 0.4) is 0 Å². The second-order valence-corrected chi connectivity index (χ2v) is 2.97. The maximum atomic E-state index is 12.6. The summed E-state index contributed by atoms with van der Waals surface area (Å²) in [5, 5.41) is 0. The summed E-state index contributed by atoms with van der Waals surface area (Å²) in [4.78, 5) is 0. The van der Waals surface area contributed by atoms with Crippen molar-refractivity contribution in [3.05, 3.63) is 29.3 Å². The Morgan fingerprint density at radius 1 is 1.33 bits per heavy atom. The Morgan fingerprint density at radius 3 is 2.47 bits per heavy atom. The number of ether oxygens (including phenoxy) is 1. The SMILES string of the molecule is CCOc1ccc(CN)cc1C(F)(F)F. The first kappa shape index (κ1) is 11.8. The molecular weight excluding hydrogens is 207 g/mol. The van der Waals surface area contributed by atoms with Gasteiger partial charge in [0.15, 0.2) is 0 Å². The van der Waals surface area contributed by atoms with Crippen molar-refractivity contribution >= 4 is 0 Å². The molecule has 0 unspecified atom stereocenters. The fraction of sp³-hybridized carbons (Fsp3) is 0.400. The van der Waals surface area contributed by atoms with Crippen molar-refractivity contribution < 1.29 is 17.9 Å². The lowest BCUT2D eigenvalue weighted by Gasteiger charge is -2.13.